The fourth-order valence-electron chi connectivity index (χ4n) is 3.46. The van der Waals surface area contributed by atoms with Crippen LogP contribution in [0.2, 0.25) is 0 Å². The molecule has 0 amide bonds. The van der Waals surface area contributed by atoms with E-state index < -0.39 is 0 Å². The van der Waals surface area contributed by atoms with E-state index in [0.29, 0.717) is 12.1 Å². The topological polar surface area (TPSA) is 25.4 Å². The normalized spacial score (nSPS) is 36.1. The third kappa shape index (κ3) is 2.09. The molecule has 17 heavy (non-hydrogen) atoms. The van der Waals surface area contributed by atoms with Crippen molar-refractivity contribution in [3.8, 4) is 0 Å². The molecule has 4 heterocycles. The second kappa shape index (κ2) is 4.75. The standard InChI is InChI=1S/C14H20N2O/c1-17-14-12-4-7-16(8-5-12)13(14)9-11-3-2-6-15-10-11/h2-3,6,10,12-14H,4-5,7-9H2,1H3. The number of nitrogens with zero attached hydrogens (tertiary/aromatic N) is 2. The van der Waals surface area contributed by atoms with E-state index in [2.05, 4.69) is 16.0 Å². The van der Waals surface area contributed by atoms with Gasteiger partial charge in [0.2, 0.25) is 0 Å². The van der Waals surface area contributed by atoms with Crippen LogP contribution in [-0.4, -0.2) is 42.2 Å². The first-order valence-electron chi connectivity index (χ1n) is 6.54. The molecule has 3 nitrogen and oxygen atoms in total. The summed E-state index contributed by atoms with van der Waals surface area (Å²) in [5.41, 5.74) is 1.33. The van der Waals surface area contributed by atoms with Crippen LogP contribution in [0.1, 0.15) is 18.4 Å². The summed E-state index contributed by atoms with van der Waals surface area (Å²) in [6.07, 6.45) is 7.92. The summed E-state index contributed by atoms with van der Waals surface area (Å²) >= 11 is 0. The Bertz CT molecular complexity index is 360. The third-order valence-electron chi connectivity index (χ3n) is 4.33. The van der Waals surface area contributed by atoms with Gasteiger partial charge in [0.05, 0.1) is 6.10 Å². The lowest BCUT2D eigenvalue weighted by Gasteiger charge is -2.50. The van der Waals surface area contributed by atoms with Gasteiger partial charge in [0.15, 0.2) is 0 Å². The molecule has 2 unspecified atom stereocenters. The van der Waals surface area contributed by atoms with E-state index >= 15 is 0 Å². The van der Waals surface area contributed by atoms with Gasteiger partial charge in [-0.1, -0.05) is 6.07 Å². The highest BCUT2D eigenvalue weighted by Crippen LogP contribution is 2.35. The van der Waals surface area contributed by atoms with E-state index in [4.69, 9.17) is 4.74 Å². The van der Waals surface area contributed by atoms with Crippen LogP contribution in [0.5, 0.6) is 0 Å². The number of piperidine rings is 3. The smallest absolute Gasteiger partial charge is 0.0758 e. The van der Waals surface area contributed by atoms with E-state index in [0.717, 1.165) is 12.3 Å². The highest BCUT2D eigenvalue weighted by Gasteiger charge is 2.42. The zero-order valence-corrected chi connectivity index (χ0v) is 10.4. The molecule has 1 aromatic heterocycles. The van der Waals surface area contributed by atoms with Crippen LogP contribution in [0.4, 0.5) is 0 Å². The maximum Gasteiger partial charge on any atom is 0.0758 e. The quantitative estimate of drug-likeness (QED) is 0.793. The van der Waals surface area contributed by atoms with Crippen LogP contribution in [-0.2, 0) is 11.2 Å². The van der Waals surface area contributed by atoms with Gasteiger partial charge in [-0.15, -0.1) is 0 Å². The van der Waals surface area contributed by atoms with Gasteiger partial charge in [-0.05, 0) is 49.9 Å². The minimum absolute atomic E-state index is 0.415. The lowest BCUT2D eigenvalue weighted by molar-refractivity contribution is -0.0919. The number of ether oxygens (including phenoxy) is 1. The van der Waals surface area contributed by atoms with Gasteiger partial charge >= 0.3 is 0 Å². The second-order valence-electron chi connectivity index (χ2n) is 5.21. The van der Waals surface area contributed by atoms with Crippen LogP contribution >= 0.6 is 0 Å². The minimum atomic E-state index is 0.415. The van der Waals surface area contributed by atoms with Crippen LogP contribution in [0.3, 0.4) is 0 Å². The van der Waals surface area contributed by atoms with Crippen LogP contribution < -0.4 is 0 Å². The van der Waals surface area contributed by atoms with E-state index in [-0.39, 0.29) is 0 Å². The van der Waals surface area contributed by atoms with Crippen LogP contribution in [0.25, 0.3) is 0 Å². The average Bonchev–Trinajstić information content (AvgIpc) is 2.41. The Kier molecular flexibility index (Phi) is 3.12. The molecule has 0 radical (unpaired) electrons. The molecule has 0 spiro atoms. The number of methoxy groups -OCH3 is 1. The van der Waals surface area contributed by atoms with Gasteiger partial charge in [-0.2, -0.15) is 0 Å². The zero-order chi connectivity index (χ0) is 11.7. The molecular formula is C14H20N2O. The lowest BCUT2D eigenvalue weighted by Crippen LogP contribution is -2.59. The molecule has 4 rings (SSSR count). The fraction of sp³-hybridized carbons (Fsp3) is 0.643. The molecule has 92 valence electrons. The molecule has 3 aliphatic rings. The summed E-state index contributed by atoms with van der Waals surface area (Å²) < 4.78 is 5.75. The van der Waals surface area contributed by atoms with Gasteiger partial charge in [0.1, 0.15) is 0 Å². The Labute approximate surface area is 103 Å². The molecule has 3 heteroatoms. The fourth-order valence-corrected chi connectivity index (χ4v) is 3.46. The number of rotatable bonds is 3. The molecule has 3 fully saturated rings. The molecule has 1 aromatic rings. The van der Waals surface area contributed by atoms with Gasteiger partial charge < -0.3 is 4.74 Å². The summed E-state index contributed by atoms with van der Waals surface area (Å²) in [4.78, 5) is 6.80. The molecule has 0 N–H and O–H groups in total. The summed E-state index contributed by atoms with van der Waals surface area (Å²) in [7, 11) is 1.86. The molecule has 3 aliphatic heterocycles. The molecular weight excluding hydrogens is 212 g/mol. The first-order valence-corrected chi connectivity index (χ1v) is 6.54. The number of aromatic nitrogens is 1. The summed E-state index contributed by atoms with van der Waals surface area (Å²) in [6, 6.07) is 4.74. The Morgan fingerprint density at radius 3 is 2.88 bits per heavy atom. The van der Waals surface area contributed by atoms with Crippen LogP contribution in [0.15, 0.2) is 24.5 Å². The van der Waals surface area contributed by atoms with Crippen molar-refractivity contribution in [1.29, 1.82) is 0 Å². The first-order chi connectivity index (χ1) is 8.38. The summed E-state index contributed by atoms with van der Waals surface area (Å²) in [5, 5.41) is 0. The Morgan fingerprint density at radius 2 is 2.24 bits per heavy atom. The first kappa shape index (κ1) is 11.2. The predicted octanol–water partition coefficient (Wildman–Crippen LogP) is 1.73. The van der Waals surface area contributed by atoms with Gasteiger partial charge in [0.25, 0.3) is 0 Å². The summed E-state index contributed by atoms with van der Waals surface area (Å²) in [6.45, 7) is 2.49. The minimum Gasteiger partial charge on any atom is -0.380 e. The predicted molar refractivity (Wildman–Crippen MR) is 66.8 cm³/mol. The van der Waals surface area contributed by atoms with Gasteiger partial charge in [-0.25, -0.2) is 0 Å². The van der Waals surface area contributed by atoms with Crippen molar-refractivity contribution in [3.63, 3.8) is 0 Å². The van der Waals surface area contributed by atoms with E-state index in [1.807, 2.05) is 25.6 Å². The highest BCUT2D eigenvalue weighted by atomic mass is 16.5. The largest absolute Gasteiger partial charge is 0.380 e. The number of fused-ring (bicyclic) bond motifs is 3. The Morgan fingerprint density at radius 1 is 1.41 bits per heavy atom. The van der Waals surface area contributed by atoms with Crippen LogP contribution in [0, 0.1) is 5.92 Å². The number of hydrogen-bond donors (Lipinski definition) is 0. The average molecular weight is 232 g/mol. The molecule has 0 aliphatic carbocycles. The van der Waals surface area contributed by atoms with E-state index in [1.165, 1.54) is 31.5 Å². The molecule has 0 aromatic carbocycles. The molecule has 3 saturated heterocycles. The molecule has 0 saturated carbocycles. The van der Waals surface area contributed by atoms with Crippen molar-refractivity contribution in [2.75, 3.05) is 20.2 Å². The third-order valence-corrected chi connectivity index (χ3v) is 4.33. The van der Waals surface area contributed by atoms with E-state index in [1.54, 1.807) is 0 Å². The maximum absolute atomic E-state index is 5.75. The lowest BCUT2D eigenvalue weighted by atomic mass is 9.78. The number of pyridine rings is 1. The highest BCUT2D eigenvalue weighted by molar-refractivity contribution is 5.12. The van der Waals surface area contributed by atoms with E-state index in [9.17, 15) is 0 Å². The van der Waals surface area contributed by atoms with Crippen molar-refractivity contribution >= 4 is 0 Å². The maximum atomic E-state index is 5.75. The van der Waals surface area contributed by atoms with Crippen molar-refractivity contribution < 1.29 is 4.74 Å². The van der Waals surface area contributed by atoms with Gasteiger partial charge in [0, 0.05) is 25.5 Å². The van der Waals surface area contributed by atoms with Gasteiger partial charge in [-0.3, -0.25) is 9.88 Å². The number of hydrogen-bond acceptors (Lipinski definition) is 3. The van der Waals surface area contributed by atoms with Crippen molar-refractivity contribution in [2.24, 2.45) is 5.92 Å². The Balaban J connectivity index is 1.77. The zero-order valence-electron chi connectivity index (χ0n) is 10.4. The van der Waals surface area contributed by atoms with Crippen molar-refractivity contribution in [2.45, 2.75) is 31.4 Å². The molecule has 2 atom stereocenters. The summed E-state index contributed by atoms with van der Waals surface area (Å²) in [5.74, 6) is 0.770. The SMILES string of the molecule is COC1C2CCN(CC2)C1Cc1cccnc1. The Hall–Kier alpha value is -0.930. The van der Waals surface area contributed by atoms with Crippen molar-refractivity contribution in [1.82, 2.24) is 9.88 Å². The monoisotopic (exact) mass is 232 g/mol. The second-order valence-corrected chi connectivity index (χ2v) is 5.21. The van der Waals surface area contributed by atoms with Crippen molar-refractivity contribution in [3.05, 3.63) is 30.1 Å². The molecule has 2 bridgehead atoms.